The van der Waals surface area contributed by atoms with E-state index in [4.69, 9.17) is 5.73 Å². The van der Waals surface area contributed by atoms with E-state index in [-0.39, 0.29) is 23.5 Å². The average Bonchev–Trinajstić information content (AvgIpc) is 2.91. The number of nitrogen functional groups attached to an aromatic ring is 1. The minimum atomic E-state index is -3.88. The molecule has 0 aliphatic heterocycles. The Labute approximate surface area is 119 Å². The Morgan fingerprint density at radius 3 is 2.81 bits per heavy atom. The van der Waals surface area contributed by atoms with Crippen LogP contribution in [0.3, 0.4) is 0 Å². The van der Waals surface area contributed by atoms with Crippen molar-refractivity contribution in [2.24, 2.45) is 0 Å². The molecular weight excluding hydrogens is 302 g/mol. The maximum atomic E-state index is 12.0. The fourth-order valence-electron chi connectivity index (χ4n) is 1.53. The van der Waals surface area contributed by atoms with Gasteiger partial charge in [-0.3, -0.25) is 10.1 Å². The summed E-state index contributed by atoms with van der Waals surface area (Å²) in [5, 5.41) is 14.3. The van der Waals surface area contributed by atoms with Gasteiger partial charge in [0.1, 0.15) is 5.69 Å². The molecule has 0 fully saturated rings. The lowest BCUT2D eigenvalue weighted by Crippen LogP contribution is -2.26. The van der Waals surface area contributed by atoms with Gasteiger partial charge in [-0.15, -0.1) is 0 Å². The highest BCUT2D eigenvalue weighted by Gasteiger charge is 2.20. The van der Waals surface area contributed by atoms with Gasteiger partial charge in [0.15, 0.2) is 5.82 Å². The second-order valence-electron chi connectivity index (χ2n) is 3.97. The van der Waals surface area contributed by atoms with Crippen LogP contribution in [0.2, 0.25) is 0 Å². The van der Waals surface area contributed by atoms with Crippen molar-refractivity contribution in [3.8, 4) is 0 Å². The largest absolute Gasteiger partial charge is 0.393 e. The number of nitro groups is 1. The molecule has 1 heterocycles. The van der Waals surface area contributed by atoms with Crippen LogP contribution in [0.5, 0.6) is 0 Å². The minimum absolute atomic E-state index is 0.0278. The van der Waals surface area contributed by atoms with E-state index in [1.54, 1.807) is 0 Å². The van der Waals surface area contributed by atoms with E-state index in [0.717, 1.165) is 12.5 Å². The smallest absolute Gasteiger partial charge is 0.293 e. The number of nitrogens with one attached hydrogen (secondary N) is 1. The second kappa shape index (κ2) is 5.85. The van der Waals surface area contributed by atoms with E-state index < -0.39 is 20.6 Å². The lowest BCUT2D eigenvalue weighted by molar-refractivity contribution is -0.384. The van der Waals surface area contributed by atoms with Crippen LogP contribution in [0.15, 0.2) is 34.0 Å². The van der Waals surface area contributed by atoms with E-state index in [1.165, 1.54) is 12.1 Å². The molecule has 0 radical (unpaired) electrons. The zero-order valence-corrected chi connectivity index (χ0v) is 11.4. The predicted octanol–water partition coefficient (Wildman–Crippen LogP) is 0.0810. The maximum absolute atomic E-state index is 12.0. The van der Waals surface area contributed by atoms with Crippen molar-refractivity contribution >= 4 is 21.4 Å². The van der Waals surface area contributed by atoms with Crippen LogP contribution in [-0.2, 0) is 16.4 Å². The molecule has 0 saturated carbocycles. The van der Waals surface area contributed by atoms with E-state index in [2.05, 4.69) is 19.4 Å². The highest BCUT2D eigenvalue weighted by Crippen LogP contribution is 2.24. The van der Waals surface area contributed by atoms with E-state index >= 15 is 0 Å². The quantitative estimate of drug-likeness (QED) is 0.431. The Balaban J connectivity index is 2.12. The van der Waals surface area contributed by atoms with Gasteiger partial charge < -0.3 is 10.3 Å². The number of anilines is 1. The van der Waals surface area contributed by atoms with Crippen LogP contribution in [0.4, 0.5) is 11.4 Å². The fraction of sp³-hybridized carbons (Fsp3) is 0.200. The molecule has 0 aliphatic rings. The van der Waals surface area contributed by atoms with E-state index in [0.29, 0.717) is 5.82 Å². The normalized spacial score (nSPS) is 11.4. The van der Waals surface area contributed by atoms with Gasteiger partial charge in [0, 0.05) is 19.0 Å². The van der Waals surface area contributed by atoms with Crippen LogP contribution in [0.25, 0.3) is 0 Å². The summed E-state index contributed by atoms with van der Waals surface area (Å²) in [4.78, 5) is 13.5. The van der Waals surface area contributed by atoms with E-state index in [9.17, 15) is 18.5 Å². The molecule has 0 amide bonds. The molecule has 1 aromatic carbocycles. The lowest BCUT2D eigenvalue weighted by atomic mass is 10.3. The molecule has 0 spiro atoms. The predicted molar refractivity (Wildman–Crippen MR) is 70.7 cm³/mol. The number of nitro benzene ring substituents is 1. The zero-order chi connectivity index (χ0) is 15.5. The number of aromatic nitrogens is 2. The molecule has 0 bridgehead atoms. The molecule has 112 valence electrons. The number of nitrogens with two attached hydrogens (primary N) is 1. The van der Waals surface area contributed by atoms with Crippen molar-refractivity contribution in [2.45, 2.75) is 11.3 Å². The molecule has 2 rings (SSSR count). The summed E-state index contributed by atoms with van der Waals surface area (Å²) < 4.78 is 30.8. The summed E-state index contributed by atoms with van der Waals surface area (Å²) in [5.74, 6) is 0.348. The highest BCUT2D eigenvalue weighted by molar-refractivity contribution is 7.89. The van der Waals surface area contributed by atoms with Crippen molar-refractivity contribution in [3.63, 3.8) is 0 Å². The first kappa shape index (κ1) is 14.9. The monoisotopic (exact) mass is 313 g/mol. The third-order valence-electron chi connectivity index (χ3n) is 2.56. The molecule has 0 aliphatic carbocycles. The van der Waals surface area contributed by atoms with Crippen LogP contribution < -0.4 is 10.5 Å². The summed E-state index contributed by atoms with van der Waals surface area (Å²) in [7, 11) is -3.88. The standard InChI is InChI=1S/C10H11N5O5S/c11-8-2-1-7(5-9(8)15(16)17)21(18,19)13-4-3-10-12-6-20-14-10/h1-2,5-6,13H,3-4,11H2. The van der Waals surface area contributed by atoms with Crippen LogP contribution in [-0.4, -0.2) is 30.0 Å². The topological polar surface area (TPSA) is 154 Å². The lowest BCUT2D eigenvalue weighted by Gasteiger charge is -2.06. The second-order valence-corrected chi connectivity index (χ2v) is 5.74. The molecule has 0 atom stereocenters. The Morgan fingerprint density at radius 2 is 2.19 bits per heavy atom. The third kappa shape index (κ3) is 3.52. The Morgan fingerprint density at radius 1 is 1.43 bits per heavy atom. The van der Waals surface area contributed by atoms with E-state index in [1.807, 2.05) is 0 Å². The molecule has 1 aromatic heterocycles. The minimum Gasteiger partial charge on any atom is -0.393 e. The maximum Gasteiger partial charge on any atom is 0.293 e. The molecule has 11 heteroatoms. The first-order chi connectivity index (χ1) is 9.90. The Bertz CT molecular complexity index is 743. The first-order valence-corrected chi connectivity index (χ1v) is 7.17. The van der Waals surface area contributed by atoms with Crippen molar-refractivity contribution in [1.82, 2.24) is 14.9 Å². The molecular formula is C10H11N5O5S. The van der Waals surface area contributed by atoms with Crippen LogP contribution in [0, 0.1) is 10.1 Å². The number of hydrogen-bond donors (Lipinski definition) is 2. The molecule has 10 nitrogen and oxygen atoms in total. The molecule has 21 heavy (non-hydrogen) atoms. The number of nitrogens with zero attached hydrogens (tertiary/aromatic N) is 3. The van der Waals surface area contributed by atoms with Crippen molar-refractivity contribution in [2.75, 3.05) is 12.3 Å². The molecule has 0 unspecified atom stereocenters. The highest BCUT2D eigenvalue weighted by atomic mass is 32.2. The number of hydrogen-bond acceptors (Lipinski definition) is 8. The summed E-state index contributed by atoms with van der Waals surface area (Å²) >= 11 is 0. The Hall–Kier alpha value is -2.53. The van der Waals surface area contributed by atoms with Crippen molar-refractivity contribution in [1.29, 1.82) is 0 Å². The van der Waals surface area contributed by atoms with Gasteiger partial charge in [0.05, 0.1) is 9.82 Å². The SMILES string of the molecule is Nc1ccc(S(=O)(=O)NCCc2ncon2)cc1[N+](=O)[O-]. The van der Waals surface area contributed by atoms with Crippen LogP contribution in [0.1, 0.15) is 5.82 Å². The van der Waals surface area contributed by atoms with Crippen LogP contribution >= 0.6 is 0 Å². The average molecular weight is 313 g/mol. The van der Waals surface area contributed by atoms with Gasteiger partial charge in [-0.25, -0.2) is 13.1 Å². The zero-order valence-electron chi connectivity index (χ0n) is 10.6. The summed E-state index contributed by atoms with van der Waals surface area (Å²) in [6.07, 6.45) is 1.36. The van der Waals surface area contributed by atoms with Gasteiger partial charge in [-0.2, -0.15) is 4.98 Å². The van der Waals surface area contributed by atoms with Gasteiger partial charge in [-0.05, 0) is 12.1 Å². The van der Waals surface area contributed by atoms with Gasteiger partial charge >= 0.3 is 0 Å². The van der Waals surface area contributed by atoms with Gasteiger partial charge in [0.25, 0.3) is 5.69 Å². The Kier molecular flexibility index (Phi) is 4.14. The van der Waals surface area contributed by atoms with Crippen molar-refractivity contribution in [3.05, 3.63) is 40.5 Å². The summed E-state index contributed by atoms with van der Waals surface area (Å²) in [6.45, 7) is 0.0278. The summed E-state index contributed by atoms with van der Waals surface area (Å²) in [5.41, 5.74) is 4.85. The van der Waals surface area contributed by atoms with Gasteiger partial charge in [-0.1, -0.05) is 5.16 Å². The van der Waals surface area contributed by atoms with Gasteiger partial charge in [0.2, 0.25) is 16.4 Å². The number of benzene rings is 1. The molecule has 0 saturated heterocycles. The number of rotatable bonds is 6. The number of sulfonamides is 1. The summed E-state index contributed by atoms with van der Waals surface area (Å²) in [6, 6.07) is 3.27. The van der Waals surface area contributed by atoms with Crippen molar-refractivity contribution < 1.29 is 17.9 Å². The molecule has 2 aromatic rings. The molecule has 3 N–H and O–H groups in total. The third-order valence-corrected chi connectivity index (χ3v) is 4.02. The fourth-order valence-corrected chi connectivity index (χ4v) is 2.58. The first-order valence-electron chi connectivity index (χ1n) is 5.69.